The molecule has 0 spiro atoms. The summed E-state index contributed by atoms with van der Waals surface area (Å²) in [5, 5.41) is 3.16. The SMILES string of the molecule is CC1(Cl)C=CC(/C(=C\C(=O)Oc2ccccc2)Nc2nccc(-c3cccnc3)n2)=CC1. The molecule has 0 saturated carbocycles. The number of nitrogens with zero attached hydrogens (tertiary/aromatic N) is 3. The molecule has 0 aliphatic heterocycles. The van der Waals surface area contributed by atoms with Crippen LogP contribution < -0.4 is 10.1 Å². The molecule has 3 aromatic rings. The van der Waals surface area contributed by atoms with Gasteiger partial charge in [0.1, 0.15) is 5.75 Å². The lowest BCUT2D eigenvalue weighted by Crippen LogP contribution is -2.17. The minimum absolute atomic E-state index is 0.346. The molecular formula is C25H21ClN4O2. The van der Waals surface area contributed by atoms with Crippen molar-refractivity contribution in [1.29, 1.82) is 0 Å². The normalized spacial score (nSPS) is 18.1. The van der Waals surface area contributed by atoms with Crippen LogP contribution in [0.3, 0.4) is 0 Å². The third-order valence-corrected chi connectivity index (χ3v) is 5.01. The number of ether oxygens (including phenoxy) is 1. The van der Waals surface area contributed by atoms with E-state index in [1.54, 1.807) is 48.9 Å². The highest BCUT2D eigenvalue weighted by atomic mass is 35.5. The number of carbonyl (C=O) groups excluding carboxylic acids is 1. The van der Waals surface area contributed by atoms with E-state index in [0.717, 1.165) is 11.1 Å². The fourth-order valence-corrected chi connectivity index (χ4v) is 3.21. The van der Waals surface area contributed by atoms with Gasteiger partial charge in [0.15, 0.2) is 0 Å². The molecule has 1 aliphatic rings. The van der Waals surface area contributed by atoms with Crippen molar-refractivity contribution in [2.75, 3.05) is 5.32 Å². The minimum atomic E-state index is -0.518. The summed E-state index contributed by atoms with van der Waals surface area (Å²) < 4.78 is 5.43. The highest BCUT2D eigenvalue weighted by molar-refractivity contribution is 6.25. The molecule has 0 fully saturated rings. The van der Waals surface area contributed by atoms with Crippen molar-refractivity contribution >= 4 is 23.5 Å². The molecule has 4 rings (SSSR count). The number of pyridine rings is 1. The third-order valence-electron chi connectivity index (χ3n) is 4.73. The van der Waals surface area contributed by atoms with Gasteiger partial charge in [-0.3, -0.25) is 4.98 Å². The van der Waals surface area contributed by atoms with E-state index < -0.39 is 10.8 Å². The van der Waals surface area contributed by atoms with Gasteiger partial charge in [-0.1, -0.05) is 36.4 Å². The quantitative estimate of drug-likeness (QED) is 0.240. The highest BCUT2D eigenvalue weighted by Crippen LogP contribution is 2.30. The number of allylic oxidation sites excluding steroid dienone is 3. The number of halogens is 1. The number of aromatic nitrogens is 3. The molecule has 1 N–H and O–H groups in total. The molecule has 7 heteroatoms. The predicted octanol–water partition coefficient (Wildman–Crippen LogP) is 5.32. The molecule has 2 aromatic heterocycles. The van der Waals surface area contributed by atoms with Gasteiger partial charge in [0, 0.05) is 30.2 Å². The van der Waals surface area contributed by atoms with Crippen LogP contribution in [0.15, 0.2) is 103 Å². The number of rotatable bonds is 6. The number of carbonyl (C=O) groups is 1. The zero-order valence-electron chi connectivity index (χ0n) is 17.4. The van der Waals surface area contributed by atoms with Crippen LogP contribution in [-0.4, -0.2) is 25.8 Å². The number of benzene rings is 1. The van der Waals surface area contributed by atoms with Crippen LogP contribution in [0.4, 0.5) is 5.95 Å². The fraction of sp³-hybridized carbons (Fsp3) is 0.120. The summed E-state index contributed by atoms with van der Waals surface area (Å²) in [6.07, 6.45) is 12.8. The lowest BCUT2D eigenvalue weighted by Gasteiger charge is -2.21. The van der Waals surface area contributed by atoms with E-state index in [0.29, 0.717) is 29.5 Å². The molecule has 6 nitrogen and oxygen atoms in total. The van der Waals surface area contributed by atoms with Gasteiger partial charge in [-0.2, -0.15) is 0 Å². The van der Waals surface area contributed by atoms with Crippen molar-refractivity contribution < 1.29 is 9.53 Å². The number of anilines is 1. The van der Waals surface area contributed by atoms with Crippen LogP contribution in [-0.2, 0) is 4.79 Å². The maximum absolute atomic E-state index is 12.6. The van der Waals surface area contributed by atoms with E-state index in [9.17, 15) is 4.79 Å². The molecule has 160 valence electrons. The first-order valence-corrected chi connectivity index (χ1v) is 10.4. The molecule has 1 aromatic carbocycles. The molecule has 1 aliphatic carbocycles. The van der Waals surface area contributed by atoms with Crippen molar-refractivity contribution in [2.45, 2.75) is 18.2 Å². The van der Waals surface area contributed by atoms with Crippen molar-refractivity contribution in [2.24, 2.45) is 0 Å². The van der Waals surface area contributed by atoms with E-state index in [1.807, 2.05) is 43.4 Å². The zero-order valence-corrected chi connectivity index (χ0v) is 18.2. The van der Waals surface area contributed by atoms with Gasteiger partial charge in [0.25, 0.3) is 0 Å². The summed E-state index contributed by atoms with van der Waals surface area (Å²) in [5.74, 6) is 0.290. The third kappa shape index (κ3) is 5.68. The summed E-state index contributed by atoms with van der Waals surface area (Å²) in [5.41, 5.74) is 2.88. The average molecular weight is 445 g/mol. The molecule has 2 heterocycles. The van der Waals surface area contributed by atoms with Gasteiger partial charge >= 0.3 is 5.97 Å². The summed E-state index contributed by atoms with van der Waals surface area (Å²) in [7, 11) is 0. The van der Waals surface area contributed by atoms with Crippen LogP contribution in [0.5, 0.6) is 5.75 Å². The molecule has 32 heavy (non-hydrogen) atoms. The first-order chi connectivity index (χ1) is 15.5. The Kier molecular flexibility index (Phi) is 6.42. The Labute approximate surface area is 191 Å². The van der Waals surface area contributed by atoms with Crippen LogP contribution in [0.2, 0.25) is 0 Å². The summed E-state index contributed by atoms with van der Waals surface area (Å²) in [6, 6.07) is 14.5. The van der Waals surface area contributed by atoms with Crippen LogP contribution in [0, 0.1) is 0 Å². The highest BCUT2D eigenvalue weighted by Gasteiger charge is 2.21. The molecule has 1 atom stereocenters. The van der Waals surface area contributed by atoms with Gasteiger partial charge in [-0.25, -0.2) is 14.8 Å². The Morgan fingerprint density at radius 1 is 1.16 bits per heavy atom. The Morgan fingerprint density at radius 2 is 2.00 bits per heavy atom. The second-order valence-corrected chi connectivity index (χ2v) is 8.26. The van der Waals surface area contributed by atoms with E-state index in [4.69, 9.17) is 16.3 Å². The second-order valence-electron chi connectivity index (χ2n) is 7.40. The van der Waals surface area contributed by atoms with Gasteiger partial charge in [-0.05, 0) is 49.2 Å². The molecule has 0 saturated heterocycles. The Balaban J connectivity index is 1.62. The summed E-state index contributed by atoms with van der Waals surface area (Å²) >= 11 is 6.41. The molecular weight excluding hydrogens is 424 g/mol. The number of esters is 1. The van der Waals surface area contributed by atoms with Crippen molar-refractivity contribution in [3.8, 4) is 17.0 Å². The monoisotopic (exact) mass is 444 g/mol. The predicted molar refractivity (Wildman–Crippen MR) is 125 cm³/mol. The standard InChI is InChI=1S/C25H21ClN4O2/c1-25(26)12-9-18(10-13-25)22(16-23(31)32-20-7-3-2-4-8-20)30-24-28-15-11-21(29-24)19-6-5-14-27-17-19/h2-12,14-17H,13H2,1H3,(H,28,29,30)/b22-16+. The lowest BCUT2D eigenvalue weighted by atomic mass is 9.96. The molecule has 0 radical (unpaired) electrons. The Morgan fingerprint density at radius 3 is 2.72 bits per heavy atom. The summed E-state index contributed by atoms with van der Waals surface area (Å²) in [6.45, 7) is 1.93. The topological polar surface area (TPSA) is 77.0 Å². The first kappa shape index (κ1) is 21.5. The number of hydrogen-bond donors (Lipinski definition) is 1. The molecule has 1 unspecified atom stereocenters. The van der Waals surface area contributed by atoms with E-state index in [1.165, 1.54) is 6.08 Å². The van der Waals surface area contributed by atoms with E-state index in [2.05, 4.69) is 20.3 Å². The summed E-state index contributed by atoms with van der Waals surface area (Å²) in [4.78, 5) is 25.1. The van der Waals surface area contributed by atoms with Crippen molar-refractivity contribution in [3.63, 3.8) is 0 Å². The van der Waals surface area contributed by atoms with Gasteiger partial charge in [-0.15, -0.1) is 11.6 Å². The van der Waals surface area contributed by atoms with Gasteiger partial charge < -0.3 is 10.1 Å². The van der Waals surface area contributed by atoms with Crippen LogP contribution in [0.25, 0.3) is 11.3 Å². The van der Waals surface area contributed by atoms with E-state index in [-0.39, 0.29) is 0 Å². The van der Waals surface area contributed by atoms with Crippen LogP contribution in [0.1, 0.15) is 13.3 Å². The number of para-hydroxylation sites is 1. The van der Waals surface area contributed by atoms with Crippen molar-refractivity contribution in [1.82, 2.24) is 15.0 Å². The zero-order chi connectivity index (χ0) is 22.4. The minimum Gasteiger partial charge on any atom is -0.423 e. The smallest absolute Gasteiger partial charge is 0.338 e. The average Bonchev–Trinajstić information content (AvgIpc) is 2.80. The lowest BCUT2D eigenvalue weighted by molar-refractivity contribution is -0.129. The maximum atomic E-state index is 12.6. The number of alkyl halides is 1. The Hall–Kier alpha value is -3.77. The second kappa shape index (κ2) is 9.58. The Bertz CT molecular complexity index is 1190. The van der Waals surface area contributed by atoms with Crippen molar-refractivity contribution in [3.05, 3.63) is 103 Å². The fourth-order valence-electron chi connectivity index (χ4n) is 3.07. The van der Waals surface area contributed by atoms with E-state index >= 15 is 0 Å². The van der Waals surface area contributed by atoms with Gasteiger partial charge in [0.05, 0.1) is 16.3 Å². The number of hydrogen-bond acceptors (Lipinski definition) is 6. The van der Waals surface area contributed by atoms with Crippen LogP contribution >= 0.6 is 11.6 Å². The first-order valence-electron chi connectivity index (χ1n) is 10.1. The maximum Gasteiger partial charge on any atom is 0.338 e. The van der Waals surface area contributed by atoms with Gasteiger partial charge in [0.2, 0.25) is 5.95 Å². The largest absolute Gasteiger partial charge is 0.423 e. The number of nitrogens with one attached hydrogen (secondary N) is 1. The molecule has 0 amide bonds. The molecule has 0 bridgehead atoms.